The highest BCUT2D eigenvalue weighted by Gasteiger charge is 2.25. The molecular formula is C30H31F3N2O6. The van der Waals surface area contributed by atoms with Crippen molar-refractivity contribution >= 4 is 29.4 Å². The lowest BCUT2D eigenvalue weighted by molar-refractivity contribution is -0.136. The number of nitrogen functional groups attached to an aromatic ring is 2. The summed E-state index contributed by atoms with van der Waals surface area (Å²) >= 11 is 0. The number of esters is 1. The summed E-state index contributed by atoms with van der Waals surface area (Å²) in [7, 11) is 1.39. The normalized spacial score (nSPS) is 11.7. The SMILES string of the molecule is COc1cc(C=C(CCc2cc(N)cc(N)c2)C(=O)O)ccc1OC(=O)c1ccc(OCCCCC(F)(F)F)cc1. The Hall–Kier alpha value is -4.67. The molecule has 0 aliphatic heterocycles. The molecule has 0 saturated heterocycles. The van der Waals surface area contributed by atoms with Crippen molar-refractivity contribution in [2.75, 3.05) is 25.2 Å². The van der Waals surface area contributed by atoms with Crippen LogP contribution in [0.4, 0.5) is 24.5 Å². The second kappa shape index (κ2) is 14.1. The first kappa shape index (κ1) is 30.9. The average Bonchev–Trinajstić information content (AvgIpc) is 2.90. The van der Waals surface area contributed by atoms with Crippen LogP contribution in [0.15, 0.2) is 66.2 Å². The molecule has 0 heterocycles. The Morgan fingerprint density at radius 2 is 1.61 bits per heavy atom. The van der Waals surface area contributed by atoms with Crippen molar-refractivity contribution in [3.63, 3.8) is 0 Å². The maximum absolute atomic E-state index is 12.7. The maximum atomic E-state index is 12.7. The first-order chi connectivity index (χ1) is 19.4. The van der Waals surface area contributed by atoms with Crippen LogP contribution in [-0.2, 0) is 11.2 Å². The first-order valence-electron chi connectivity index (χ1n) is 12.7. The summed E-state index contributed by atoms with van der Waals surface area (Å²) in [6.07, 6.45) is -2.67. The van der Waals surface area contributed by atoms with Crippen molar-refractivity contribution in [3.8, 4) is 17.2 Å². The molecule has 3 aromatic carbocycles. The van der Waals surface area contributed by atoms with Crippen molar-refractivity contribution in [1.82, 2.24) is 0 Å². The summed E-state index contributed by atoms with van der Waals surface area (Å²) in [6, 6.07) is 15.8. The number of aryl methyl sites for hydroxylation is 1. The fourth-order valence-corrected chi connectivity index (χ4v) is 3.93. The van der Waals surface area contributed by atoms with Crippen LogP contribution in [0.5, 0.6) is 17.2 Å². The molecule has 11 heteroatoms. The second-order valence-electron chi connectivity index (χ2n) is 9.23. The third kappa shape index (κ3) is 10.1. The summed E-state index contributed by atoms with van der Waals surface area (Å²) in [5, 5.41) is 9.70. The van der Waals surface area contributed by atoms with Gasteiger partial charge in [-0.1, -0.05) is 6.07 Å². The number of carboxylic acids is 1. The molecule has 8 nitrogen and oxygen atoms in total. The van der Waals surface area contributed by atoms with Crippen LogP contribution in [-0.4, -0.2) is 36.9 Å². The van der Waals surface area contributed by atoms with Crippen LogP contribution >= 0.6 is 0 Å². The Labute approximate surface area is 235 Å². The van der Waals surface area contributed by atoms with E-state index in [-0.39, 0.29) is 48.5 Å². The van der Waals surface area contributed by atoms with Crippen molar-refractivity contribution in [2.45, 2.75) is 38.3 Å². The Bertz CT molecular complexity index is 1370. The number of methoxy groups -OCH3 is 1. The van der Waals surface area contributed by atoms with Crippen molar-refractivity contribution in [2.24, 2.45) is 0 Å². The fourth-order valence-electron chi connectivity index (χ4n) is 3.93. The topological polar surface area (TPSA) is 134 Å². The van der Waals surface area contributed by atoms with Gasteiger partial charge in [0.15, 0.2) is 11.5 Å². The van der Waals surface area contributed by atoms with E-state index >= 15 is 0 Å². The van der Waals surface area contributed by atoms with E-state index in [1.165, 1.54) is 43.5 Å². The maximum Gasteiger partial charge on any atom is 0.389 e. The van der Waals surface area contributed by atoms with Gasteiger partial charge in [-0.25, -0.2) is 9.59 Å². The summed E-state index contributed by atoms with van der Waals surface area (Å²) in [5.74, 6) is -0.984. The molecule has 0 aliphatic rings. The molecule has 0 fully saturated rings. The van der Waals surface area contributed by atoms with E-state index in [2.05, 4.69) is 0 Å². The molecule has 5 N–H and O–H groups in total. The number of halogens is 3. The smallest absolute Gasteiger partial charge is 0.389 e. The Kier molecular flexibility index (Phi) is 10.6. The standard InChI is InChI=1S/C30H31F3N2O6/c1-39-27-17-19(14-22(28(36)37)6-4-20-15-23(34)18-24(35)16-20)5-11-26(27)41-29(38)21-7-9-25(10-8-21)40-13-3-2-12-30(31,32)33/h5,7-11,14-18H,2-4,6,12-13,34-35H2,1H3,(H,36,37). The van der Waals surface area contributed by atoms with Gasteiger partial charge in [0, 0.05) is 23.4 Å². The van der Waals surface area contributed by atoms with Gasteiger partial charge in [-0.05, 0) is 97.5 Å². The minimum atomic E-state index is -4.18. The van der Waals surface area contributed by atoms with E-state index in [4.69, 9.17) is 25.7 Å². The zero-order valence-corrected chi connectivity index (χ0v) is 22.4. The van der Waals surface area contributed by atoms with Gasteiger partial charge in [0.05, 0.1) is 19.3 Å². The molecule has 0 amide bonds. The van der Waals surface area contributed by atoms with Gasteiger partial charge in [-0.3, -0.25) is 0 Å². The predicted octanol–water partition coefficient (Wildman–Crippen LogP) is 6.29. The minimum absolute atomic E-state index is 0.0270. The molecule has 0 radical (unpaired) electrons. The lowest BCUT2D eigenvalue weighted by Crippen LogP contribution is -2.09. The lowest BCUT2D eigenvalue weighted by atomic mass is 10.0. The first-order valence-corrected chi connectivity index (χ1v) is 12.7. The van der Waals surface area contributed by atoms with Gasteiger partial charge in [0.1, 0.15) is 5.75 Å². The van der Waals surface area contributed by atoms with E-state index in [1.54, 1.807) is 30.3 Å². The van der Waals surface area contributed by atoms with E-state index in [1.807, 2.05) is 0 Å². The van der Waals surface area contributed by atoms with Gasteiger partial charge >= 0.3 is 18.1 Å². The third-order valence-corrected chi connectivity index (χ3v) is 5.94. The monoisotopic (exact) mass is 572 g/mol. The zero-order chi connectivity index (χ0) is 30.0. The van der Waals surface area contributed by atoms with Crippen LogP contribution in [0.25, 0.3) is 6.08 Å². The number of carbonyl (C=O) groups excluding carboxylic acids is 1. The van der Waals surface area contributed by atoms with Crippen molar-refractivity contribution in [1.29, 1.82) is 0 Å². The van der Waals surface area contributed by atoms with Gasteiger partial charge in [-0.2, -0.15) is 13.2 Å². The number of aliphatic carboxylic acids is 1. The molecular weight excluding hydrogens is 541 g/mol. The van der Waals surface area contributed by atoms with E-state index in [0.29, 0.717) is 29.1 Å². The number of benzene rings is 3. The summed E-state index contributed by atoms with van der Waals surface area (Å²) < 4.78 is 52.9. The Morgan fingerprint density at radius 1 is 0.927 bits per heavy atom. The third-order valence-electron chi connectivity index (χ3n) is 5.94. The summed E-state index contributed by atoms with van der Waals surface area (Å²) in [4.78, 5) is 24.5. The van der Waals surface area contributed by atoms with Crippen LogP contribution in [0.1, 0.15) is 47.2 Å². The number of ether oxygens (including phenoxy) is 3. The molecule has 0 saturated carbocycles. The number of rotatable bonds is 13. The average molecular weight is 573 g/mol. The fraction of sp³-hybridized carbons (Fsp3) is 0.267. The minimum Gasteiger partial charge on any atom is -0.494 e. The van der Waals surface area contributed by atoms with Crippen LogP contribution in [0, 0.1) is 0 Å². The molecule has 218 valence electrons. The molecule has 0 atom stereocenters. The highest BCUT2D eigenvalue weighted by Crippen LogP contribution is 2.30. The zero-order valence-electron chi connectivity index (χ0n) is 22.4. The highest BCUT2D eigenvalue weighted by atomic mass is 19.4. The molecule has 41 heavy (non-hydrogen) atoms. The molecule has 0 aromatic heterocycles. The van der Waals surface area contributed by atoms with Gasteiger partial charge in [0.25, 0.3) is 0 Å². The number of hydrogen-bond donors (Lipinski definition) is 3. The van der Waals surface area contributed by atoms with E-state index in [0.717, 1.165) is 5.56 Å². The molecule has 0 bridgehead atoms. The molecule has 3 aromatic rings. The van der Waals surface area contributed by atoms with E-state index < -0.39 is 24.5 Å². The summed E-state index contributed by atoms with van der Waals surface area (Å²) in [6.45, 7) is 0.122. The van der Waals surface area contributed by atoms with Gasteiger partial charge in [-0.15, -0.1) is 0 Å². The summed E-state index contributed by atoms with van der Waals surface area (Å²) in [5.41, 5.74) is 14.3. The van der Waals surface area contributed by atoms with Crippen molar-refractivity contribution in [3.05, 3.63) is 82.9 Å². The number of carboxylic acid groups (broad SMARTS) is 1. The van der Waals surface area contributed by atoms with Crippen LogP contribution in [0.3, 0.4) is 0 Å². The highest BCUT2D eigenvalue weighted by molar-refractivity contribution is 5.93. The number of unbranched alkanes of at least 4 members (excludes halogenated alkanes) is 1. The lowest BCUT2D eigenvalue weighted by Gasteiger charge is -2.11. The quantitative estimate of drug-likeness (QED) is 0.0715. The number of anilines is 2. The molecule has 0 aliphatic carbocycles. The second-order valence-corrected chi connectivity index (χ2v) is 9.23. The van der Waals surface area contributed by atoms with Gasteiger partial charge < -0.3 is 30.8 Å². The predicted molar refractivity (Wildman–Crippen MR) is 149 cm³/mol. The number of hydrogen-bond acceptors (Lipinski definition) is 7. The van der Waals surface area contributed by atoms with Gasteiger partial charge in [0.2, 0.25) is 0 Å². The number of alkyl halides is 3. The Morgan fingerprint density at radius 3 is 2.22 bits per heavy atom. The number of nitrogens with two attached hydrogens (primary N) is 2. The number of carbonyl (C=O) groups is 2. The van der Waals surface area contributed by atoms with Crippen LogP contribution in [0.2, 0.25) is 0 Å². The molecule has 3 rings (SSSR count). The van der Waals surface area contributed by atoms with E-state index in [9.17, 15) is 27.9 Å². The van der Waals surface area contributed by atoms with Crippen molar-refractivity contribution < 1.29 is 42.1 Å². The molecule has 0 unspecified atom stereocenters. The molecule has 0 spiro atoms. The largest absolute Gasteiger partial charge is 0.494 e. The van der Waals surface area contributed by atoms with Crippen LogP contribution < -0.4 is 25.7 Å². The Balaban J connectivity index is 1.62.